The Balaban J connectivity index is 1.99. The van der Waals surface area contributed by atoms with Gasteiger partial charge in [0.2, 0.25) is 0 Å². The maximum atomic E-state index is 6.07. The molecule has 1 saturated carbocycles. The topological polar surface area (TPSA) is 47.0 Å². The molecule has 0 aromatic carbocycles. The zero-order valence-corrected chi connectivity index (χ0v) is 14.4. The molecule has 1 heterocycles. The van der Waals surface area contributed by atoms with Crippen LogP contribution in [0.4, 0.5) is 5.82 Å². The van der Waals surface area contributed by atoms with Gasteiger partial charge in [0.05, 0.1) is 0 Å². The zero-order chi connectivity index (χ0) is 15.1. The molecule has 0 aliphatic heterocycles. The summed E-state index contributed by atoms with van der Waals surface area (Å²) in [4.78, 5) is 8.67. The molecule has 0 bridgehead atoms. The lowest BCUT2D eigenvalue weighted by molar-refractivity contribution is 0.128. The Morgan fingerprint density at radius 2 is 2.10 bits per heavy atom. The minimum absolute atomic E-state index is 0.329. The number of halogens is 1. The molecule has 1 aromatic rings. The monoisotopic (exact) mass is 329 g/mol. The SMILES string of the molecule is CCOCc1nc(Cl)cc(NCC2(SC)CCCCC2)n1. The van der Waals surface area contributed by atoms with Crippen LogP contribution in [0.1, 0.15) is 44.9 Å². The summed E-state index contributed by atoms with van der Waals surface area (Å²) in [5.41, 5.74) is 0. The van der Waals surface area contributed by atoms with E-state index in [2.05, 4.69) is 21.5 Å². The van der Waals surface area contributed by atoms with Crippen LogP contribution in [0.15, 0.2) is 6.07 Å². The summed E-state index contributed by atoms with van der Waals surface area (Å²) in [6, 6.07) is 1.79. The van der Waals surface area contributed by atoms with E-state index in [1.54, 1.807) is 6.07 Å². The van der Waals surface area contributed by atoms with Gasteiger partial charge in [0.1, 0.15) is 17.6 Å². The summed E-state index contributed by atoms with van der Waals surface area (Å²) < 4.78 is 5.68. The van der Waals surface area contributed by atoms with Gasteiger partial charge in [0.25, 0.3) is 0 Å². The fourth-order valence-electron chi connectivity index (χ4n) is 2.71. The normalized spacial score (nSPS) is 17.7. The van der Waals surface area contributed by atoms with Crippen molar-refractivity contribution in [1.29, 1.82) is 0 Å². The fraction of sp³-hybridized carbons (Fsp3) is 0.733. The van der Waals surface area contributed by atoms with Crippen molar-refractivity contribution in [3.05, 3.63) is 17.0 Å². The molecule has 0 radical (unpaired) electrons. The lowest BCUT2D eigenvalue weighted by atomic mass is 9.88. The van der Waals surface area contributed by atoms with Gasteiger partial charge in [-0.15, -0.1) is 0 Å². The number of rotatable bonds is 7. The first-order valence-electron chi connectivity index (χ1n) is 7.58. The zero-order valence-electron chi connectivity index (χ0n) is 12.8. The molecule has 0 saturated heterocycles. The summed E-state index contributed by atoms with van der Waals surface area (Å²) in [7, 11) is 0. The Morgan fingerprint density at radius 1 is 1.33 bits per heavy atom. The lowest BCUT2D eigenvalue weighted by Crippen LogP contribution is -2.35. The molecule has 0 spiro atoms. The van der Waals surface area contributed by atoms with Gasteiger partial charge in [-0.05, 0) is 26.0 Å². The molecular weight excluding hydrogens is 306 g/mol. The number of hydrogen-bond donors (Lipinski definition) is 1. The van der Waals surface area contributed by atoms with Crippen molar-refractivity contribution in [2.45, 2.75) is 50.4 Å². The van der Waals surface area contributed by atoms with Crippen molar-refractivity contribution in [2.24, 2.45) is 0 Å². The van der Waals surface area contributed by atoms with Gasteiger partial charge < -0.3 is 10.1 Å². The van der Waals surface area contributed by atoms with Crippen LogP contribution in [0.2, 0.25) is 5.15 Å². The Bertz CT molecular complexity index is 453. The number of anilines is 1. The third-order valence-corrected chi connectivity index (χ3v) is 5.58. The molecule has 0 atom stereocenters. The summed E-state index contributed by atoms with van der Waals surface area (Å²) in [6.07, 6.45) is 8.75. The van der Waals surface area contributed by atoms with Gasteiger partial charge in [-0.2, -0.15) is 11.8 Å². The van der Waals surface area contributed by atoms with Crippen molar-refractivity contribution in [2.75, 3.05) is 24.7 Å². The molecule has 21 heavy (non-hydrogen) atoms. The standard InChI is InChI=1S/C15H24ClN3OS/c1-3-20-10-14-18-12(16)9-13(19-14)17-11-15(21-2)7-5-4-6-8-15/h9H,3-8,10-11H2,1-2H3,(H,17,18,19). The van der Waals surface area contributed by atoms with E-state index in [9.17, 15) is 0 Å². The predicted octanol–water partition coefficient (Wildman–Crippen LogP) is 4.14. The van der Waals surface area contributed by atoms with E-state index in [1.165, 1.54) is 32.1 Å². The van der Waals surface area contributed by atoms with Gasteiger partial charge in [0, 0.05) is 24.0 Å². The number of nitrogens with zero attached hydrogens (tertiary/aromatic N) is 2. The first-order valence-corrected chi connectivity index (χ1v) is 9.18. The molecule has 2 rings (SSSR count). The van der Waals surface area contributed by atoms with Gasteiger partial charge in [-0.1, -0.05) is 30.9 Å². The highest BCUT2D eigenvalue weighted by molar-refractivity contribution is 8.00. The third kappa shape index (κ3) is 5.01. The fourth-order valence-corrected chi connectivity index (χ4v) is 3.83. The number of hydrogen-bond acceptors (Lipinski definition) is 5. The van der Waals surface area contributed by atoms with E-state index < -0.39 is 0 Å². The van der Waals surface area contributed by atoms with Gasteiger partial charge in [-0.3, -0.25) is 0 Å². The van der Waals surface area contributed by atoms with Gasteiger partial charge in [0.15, 0.2) is 5.82 Å². The maximum Gasteiger partial charge on any atom is 0.158 e. The van der Waals surface area contributed by atoms with Gasteiger partial charge in [-0.25, -0.2) is 9.97 Å². The average Bonchev–Trinajstić information content (AvgIpc) is 2.51. The largest absolute Gasteiger partial charge is 0.374 e. The third-order valence-electron chi connectivity index (χ3n) is 3.97. The number of thioether (sulfide) groups is 1. The highest BCUT2D eigenvalue weighted by Gasteiger charge is 2.30. The summed E-state index contributed by atoms with van der Waals surface area (Å²) >= 11 is 8.04. The predicted molar refractivity (Wildman–Crippen MR) is 90.2 cm³/mol. The van der Waals surface area contributed by atoms with Gasteiger partial charge >= 0.3 is 0 Å². The molecule has 6 heteroatoms. The number of nitrogens with one attached hydrogen (secondary N) is 1. The molecule has 1 aromatic heterocycles. The Kier molecular flexibility index (Phi) is 6.58. The second-order valence-corrected chi connectivity index (χ2v) is 7.09. The molecule has 4 nitrogen and oxygen atoms in total. The van der Waals surface area contributed by atoms with Crippen molar-refractivity contribution in [1.82, 2.24) is 9.97 Å². The number of ether oxygens (including phenoxy) is 1. The first-order chi connectivity index (χ1) is 10.2. The quantitative estimate of drug-likeness (QED) is 0.762. The summed E-state index contributed by atoms with van der Waals surface area (Å²) in [5.74, 6) is 1.43. The molecule has 1 N–H and O–H groups in total. The van der Waals surface area contributed by atoms with Crippen LogP contribution in [-0.2, 0) is 11.3 Å². The minimum atomic E-state index is 0.329. The molecule has 118 valence electrons. The van der Waals surface area contributed by atoms with Crippen LogP contribution < -0.4 is 5.32 Å². The first kappa shape index (κ1) is 16.8. The molecular formula is C15H24ClN3OS. The Hall–Kier alpha value is -0.520. The smallest absolute Gasteiger partial charge is 0.158 e. The minimum Gasteiger partial charge on any atom is -0.374 e. The van der Waals surface area contributed by atoms with Crippen LogP contribution in [0.5, 0.6) is 0 Å². The summed E-state index contributed by atoms with van der Waals surface area (Å²) in [5, 5.41) is 3.91. The van der Waals surface area contributed by atoms with Crippen molar-refractivity contribution < 1.29 is 4.74 Å². The lowest BCUT2D eigenvalue weighted by Gasteiger charge is -2.36. The Morgan fingerprint density at radius 3 is 2.76 bits per heavy atom. The maximum absolute atomic E-state index is 6.07. The van der Waals surface area contributed by atoms with Crippen LogP contribution in [0, 0.1) is 0 Å². The molecule has 0 amide bonds. The van der Waals surface area contributed by atoms with Crippen LogP contribution in [0.3, 0.4) is 0 Å². The van der Waals surface area contributed by atoms with E-state index in [4.69, 9.17) is 16.3 Å². The van der Waals surface area contributed by atoms with E-state index in [1.807, 2.05) is 18.7 Å². The number of aromatic nitrogens is 2. The van der Waals surface area contributed by atoms with E-state index in [-0.39, 0.29) is 0 Å². The van der Waals surface area contributed by atoms with Crippen molar-refractivity contribution >= 4 is 29.2 Å². The summed E-state index contributed by atoms with van der Waals surface area (Å²) in [6.45, 7) is 3.93. The molecule has 1 aliphatic rings. The molecule has 1 aliphatic carbocycles. The second kappa shape index (κ2) is 8.20. The highest BCUT2D eigenvalue weighted by atomic mass is 35.5. The molecule has 0 unspecified atom stereocenters. The van der Waals surface area contributed by atoms with Crippen LogP contribution in [0.25, 0.3) is 0 Å². The van der Waals surface area contributed by atoms with E-state index in [0.717, 1.165) is 12.4 Å². The highest BCUT2D eigenvalue weighted by Crippen LogP contribution is 2.38. The second-order valence-electron chi connectivity index (χ2n) is 5.43. The average molecular weight is 330 g/mol. The van der Waals surface area contributed by atoms with Crippen LogP contribution in [-0.4, -0.2) is 34.1 Å². The van der Waals surface area contributed by atoms with E-state index >= 15 is 0 Å². The molecule has 1 fully saturated rings. The van der Waals surface area contributed by atoms with E-state index in [0.29, 0.717) is 28.9 Å². The Labute approximate surface area is 136 Å². The van der Waals surface area contributed by atoms with Crippen LogP contribution >= 0.6 is 23.4 Å². The van der Waals surface area contributed by atoms with Crippen molar-refractivity contribution in [3.8, 4) is 0 Å². The van der Waals surface area contributed by atoms with Crippen molar-refractivity contribution in [3.63, 3.8) is 0 Å².